The number of carbonyl (C=O) groups is 3. The zero-order chi connectivity index (χ0) is 28.5. The van der Waals surface area contributed by atoms with Crippen LogP contribution in [0.15, 0.2) is 25.3 Å². The molecule has 7 nitrogen and oxygen atoms in total. The number of ether oxygens (including phenoxy) is 1. The number of aliphatic hydroxyl groups excluding tert-OH is 1. The molecule has 8 heteroatoms. The molecule has 2 bridgehead atoms. The maximum atomic E-state index is 14.5. The molecule has 3 aliphatic rings. The summed E-state index contributed by atoms with van der Waals surface area (Å²) in [6.07, 6.45) is 8.27. The molecule has 0 aromatic heterocycles. The zero-order valence-electron chi connectivity index (χ0n) is 24.3. The van der Waals surface area contributed by atoms with Gasteiger partial charge in [0.05, 0.1) is 29.8 Å². The molecule has 214 valence electrons. The summed E-state index contributed by atoms with van der Waals surface area (Å²) in [6.45, 7) is 20.8. The summed E-state index contributed by atoms with van der Waals surface area (Å²) in [7, 11) is 0. The molecule has 0 radical (unpaired) electrons. The van der Waals surface area contributed by atoms with Crippen molar-refractivity contribution in [3.05, 3.63) is 25.3 Å². The highest BCUT2D eigenvalue weighted by Gasteiger charge is 2.77. The van der Waals surface area contributed by atoms with Crippen LogP contribution in [-0.2, 0) is 19.1 Å². The van der Waals surface area contributed by atoms with Crippen molar-refractivity contribution < 1.29 is 24.2 Å². The van der Waals surface area contributed by atoms with E-state index in [0.29, 0.717) is 19.6 Å². The monoisotopic (exact) mass is 548 g/mol. The number of unbranched alkanes of at least 4 members (excludes halogenated alkanes) is 2. The molecule has 2 unspecified atom stereocenters. The third kappa shape index (κ3) is 5.58. The average Bonchev–Trinajstić information content (AvgIpc) is 3.36. The second-order valence-corrected chi connectivity index (χ2v) is 15.1. The fourth-order valence-corrected chi connectivity index (χ4v) is 9.71. The highest BCUT2D eigenvalue weighted by Crippen LogP contribution is 2.71. The number of rotatable bonds is 13. The van der Waals surface area contributed by atoms with Crippen molar-refractivity contribution in [2.75, 3.05) is 26.3 Å². The van der Waals surface area contributed by atoms with Gasteiger partial charge in [-0.1, -0.05) is 32.9 Å². The Bertz CT molecular complexity index is 943. The number of aliphatic hydroxyl groups is 1. The fourth-order valence-electron chi connectivity index (χ4n) is 7.37. The molecule has 5 atom stereocenters. The summed E-state index contributed by atoms with van der Waals surface area (Å²) in [6, 6.07) is -0.747. The van der Waals surface area contributed by atoms with Crippen LogP contribution in [0, 0.1) is 17.3 Å². The van der Waals surface area contributed by atoms with E-state index in [1.165, 1.54) is 0 Å². The van der Waals surface area contributed by atoms with Gasteiger partial charge in [0.15, 0.2) is 0 Å². The van der Waals surface area contributed by atoms with Crippen LogP contribution in [0.5, 0.6) is 0 Å². The molecular weight excluding hydrogens is 500 g/mol. The van der Waals surface area contributed by atoms with E-state index in [4.69, 9.17) is 4.74 Å². The lowest BCUT2D eigenvalue weighted by Crippen LogP contribution is -2.60. The lowest BCUT2D eigenvalue weighted by Gasteiger charge is -2.45. The van der Waals surface area contributed by atoms with Crippen molar-refractivity contribution >= 4 is 29.5 Å². The number of carbonyl (C=O) groups excluding carboxylic acids is 3. The minimum absolute atomic E-state index is 0.0190. The average molecular weight is 549 g/mol. The van der Waals surface area contributed by atoms with Crippen LogP contribution >= 0.6 is 11.8 Å². The number of likely N-dealkylation sites (tertiary alicyclic amines) is 1. The van der Waals surface area contributed by atoms with Crippen LogP contribution in [0.3, 0.4) is 0 Å². The summed E-state index contributed by atoms with van der Waals surface area (Å²) >= 11 is 1.63. The summed E-state index contributed by atoms with van der Waals surface area (Å²) in [5.41, 5.74) is -0.504. The van der Waals surface area contributed by atoms with Gasteiger partial charge in [-0.25, -0.2) is 0 Å². The zero-order valence-corrected chi connectivity index (χ0v) is 25.1. The van der Waals surface area contributed by atoms with Gasteiger partial charge in [0.2, 0.25) is 11.8 Å². The number of esters is 1. The predicted octanol–water partition coefficient (Wildman–Crippen LogP) is 4.59. The Hall–Kier alpha value is -1.80. The molecule has 0 aromatic carbocycles. The van der Waals surface area contributed by atoms with E-state index in [1.807, 2.05) is 17.9 Å². The maximum Gasteiger partial charge on any atom is 0.311 e. The van der Waals surface area contributed by atoms with Gasteiger partial charge in [0, 0.05) is 23.4 Å². The van der Waals surface area contributed by atoms with Crippen molar-refractivity contribution in [3.8, 4) is 0 Å². The van der Waals surface area contributed by atoms with E-state index < -0.39 is 32.9 Å². The Kier molecular flexibility index (Phi) is 9.19. The first-order chi connectivity index (χ1) is 17.7. The molecule has 3 fully saturated rings. The first kappa shape index (κ1) is 30.7. The van der Waals surface area contributed by atoms with Crippen LogP contribution in [0.1, 0.15) is 80.1 Å². The Labute approximate surface area is 233 Å². The van der Waals surface area contributed by atoms with Crippen LogP contribution in [-0.4, -0.2) is 80.1 Å². The van der Waals surface area contributed by atoms with Gasteiger partial charge in [-0.05, 0) is 64.7 Å². The molecule has 1 spiro atoms. The molecule has 0 aliphatic carbocycles. The molecule has 3 saturated heterocycles. The summed E-state index contributed by atoms with van der Waals surface area (Å²) in [5.74, 6) is -1.93. The quantitative estimate of drug-likeness (QED) is 0.206. The van der Waals surface area contributed by atoms with E-state index in [0.717, 1.165) is 32.1 Å². The lowest BCUT2D eigenvalue weighted by molar-refractivity contribution is -0.155. The Balaban J connectivity index is 1.97. The predicted molar refractivity (Wildman–Crippen MR) is 153 cm³/mol. The highest BCUT2D eigenvalue weighted by atomic mass is 32.2. The minimum Gasteiger partial charge on any atom is -0.465 e. The number of nitrogens with zero attached hydrogens (tertiary/aromatic N) is 2. The summed E-state index contributed by atoms with van der Waals surface area (Å²) in [5, 5.41) is 9.90. The van der Waals surface area contributed by atoms with Gasteiger partial charge >= 0.3 is 5.97 Å². The number of allylic oxidation sites excluding steroid dienone is 1. The Morgan fingerprint density at radius 1 is 1.18 bits per heavy atom. The van der Waals surface area contributed by atoms with E-state index in [9.17, 15) is 19.5 Å². The normalized spacial score (nSPS) is 30.3. The number of thioether (sulfide) groups is 1. The minimum atomic E-state index is -0.747. The van der Waals surface area contributed by atoms with Gasteiger partial charge in [0.25, 0.3) is 0 Å². The number of hydrogen-bond acceptors (Lipinski definition) is 6. The summed E-state index contributed by atoms with van der Waals surface area (Å²) in [4.78, 5) is 45.4. The molecule has 3 rings (SSSR count). The molecule has 38 heavy (non-hydrogen) atoms. The topological polar surface area (TPSA) is 87.1 Å². The van der Waals surface area contributed by atoms with Crippen molar-refractivity contribution in [2.45, 2.75) is 101 Å². The van der Waals surface area contributed by atoms with Crippen molar-refractivity contribution in [1.29, 1.82) is 0 Å². The van der Waals surface area contributed by atoms with Gasteiger partial charge in [-0.3, -0.25) is 14.4 Å². The van der Waals surface area contributed by atoms with Crippen molar-refractivity contribution in [1.82, 2.24) is 9.80 Å². The Morgan fingerprint density at radius 2 is 1.87 bits per heavy atom. The van der Waals surface area contributed by atoms with E-state index in [1.54, 1.807) is 22.7 Å². The van der Waals surface area contributed by atoms with Crippen LogP contribution in [0.4, 0.5) is 0 Å². The molecular formula is C30H48N2O5S. The molecule has 0 aromatic rings. The van der Waals surface area contributed by atoms with Crippen LogP contribution in [0.25, 0.3) is 0 Å². The van der Waals surface area contributed by atoms with Crippen LogP contribution in [0.2, 0.25) is 0 Å². The van der Waals surface area contributed by atoms with Crippen LogP contribution < -0.4 is 0 Å². The fraction of sp³-hybridized carbons (Fsp3) is 0.767. The molecule has 1 N–H and O–H groups in total. The molecule has 2 amide bonds. The third-order valence-corrected chi connectivity index (χ3v) is 10.4. The number of β-amino-alcohol motifs (C(OH)–C–C–N with tert-alkyl or cyclic N) is 1. The van der Waals surface area contributed by atoms with E-state index in [2.05, 4.69) is 47.8 Å². The van der Waals surface area contributed by atoms with E-state index in [-0.39, 0.29) is 36.4 Å². The molecule has 3 heterocycles. The first-order valence-electron chi connectivity index (χ1n) is 14.0. The Morgan fingerprint density at radius 3 is 2.45 bits per heavy atom. The maximum absolute atomic E-state index is 14.5. The van der Waals surface area contributed by atoms with Crippen molar-refractivity contribution in [2.24, 2.45) is 17.3 Å². The third-order valence-electron chi connectivity index (χ3n) is 8.42. The second-order valence-electron chi connectivity index (χ2n) is 13.2. The highest BCUT2D eigenvalue weighted by molar-refractivity contribution is 8.02. The largest absolute Gasteiger partial charge is 0.465 e. The SMILES string of the molecule is C=CCCCCOC(=O)[C@@H]1[C@H]2C(=O)N(CCO)C(C(=O)N(CC=C)C(C)(C)CC(C)(C)C)C23CC[C@@]1(C)S3. The van der Waals surface area contributed by atoms with Gasteiger partial charge in [-0.15, -0.1) is 24.9 Å². The standard InChI is InChI=1S/C30H48N2O5S/c1-9-11-12-13-19-37-26(36)22-21-24(34)31(17-18-33)23(30(21)15-14-29(22,8)38-30)25(35)32(16-10-2)28(6,7)20-27(3,4)5/h9-10,21-23,33H,1-2,11-20H2,3-8H3/t21-,22-,23?,29+,30?/m0/s1. The lowest BCUT2D eigenvalue weighted by atomic mass is 9.66. The molecule has 3 aliphatic heterocycles. The van der Waals surface area contributed by atoms with Gasteiger partial charge < -0.3 is 19.6 Å². The van der Waals surface area contributed by atoms with Gasteiger partial charge in [-0.2, -0.15) is 0 Å². The smallest absolute Gasteiger partial charge is 0.311 e. The molecule has 0 saturated carbocycles. The van der Waals surface area contributed by atoms with Gasteiger partial charge in [0.1, 0.15) is 6.04 Å². The first-order valence-corrected chi connectivity index (χ1v) is 14.8. The second kappa shape index (κ2) is 11.4. The number of fused-ring (bicyclic) bond motifs is 1. The van der Waals surface area contributed by atoms with Crippen molar-refractivity contribution in [3.63, 3.8) is 0 Å². The number of hydrogen-bond donors (Lipinski definition) is 1. The number of amides is 2. The summed E-state index contributed by atoms with van der Waals surface area (Å²) < 4.78 is 4.53. The van der Waals surface area contributed by atoms with E-state index >= 15 is 0 Å².